The number of benzene rings is 1. The maximum absolute atomic E-state index is 13.8. The van der Waals surface area contributed by atoms with Crippen LogP contribution >= 0.6 is 0 Å². The van der Waals surface area contributed by atoms with Crippen molar-refractivity contribution in [3.63, 3.8) is 0 Å². The van der Waals surface area contributed by atoms with Gasteiger partial charge in [-0.05, 0) is 97.5 Å². The summed E-state index contributed by atoms with van der Waals surface area (Å²) in [6.45, 7) is 12.2. The molecule has 0 aromatic heterocycles. The summed E-state index contributed by atoms with van der Waals surface area (Å²) in [5.74, 6) is 11.3. The Labute approximate surface area is 226 Å². The minimum atomic E-state index is -0.0369. The van der Waals surface area contributed by atoms with Crippen molar-refractivity contribution in [3.8, 4) is 5.75 Å². The smallest absolute Gasteiger partial charge is 0.157 e. The highest BCUT2D eigenvalue weighted by molar-refractivity contribution is 5.87. The van der Waals surface area contributed by atoms with E-state index >= 15 is 0 Å². The summed E-state index contributed by atoms with van der Waals surface area (Å²) in [5, 5.41) is 1.52. The average molecular weight is 512 g/mol. The number of ketones is 1. The first-order valence-electron chi connectivity index (χ1n) is 15.0. The van der Waals surface area contributed by atoms with E-state index in [1.807, 2.05) is 12.1 Å². The van der Waals surface area contributed by atoms with E-state index in [4.69, 9.17) is 16.3 Å². The zero-order valence-corrected chi connectivity index (χ0v) is 24.4. The van der Waals surface area contributed by atoms with Crippen molar-refractivity contribution in [1.82, 2.24) is 0 Å². The monoisotopic (exact) mass is 511 g/mol. The molecule has 0 bridgehead atoms. The second-order valence-electron chi connectivity index (χ2n) is 13.5. The number of nitrogens with two attached hydrogens (primary N) is 2. The lowest BCUT2D eigenvalue weighted by atomic mass is 9.42. The Morgan fingerprint density at radius 3 is 2.65 bits per heavy atom. The number of carbonyl (C=O) groups excluding carboxylic acids is 1. The predicted molar refractivity (Wildman–Crippen MR) is 154 cm³/mol. The number of nitrogens with zero attached hydrogens (tertiary/aromatic N) is 1. The molecule has 3 saturated carbocycles. The molecule has 4 rings (SSSR count). The van der Waals surface area contributed by atoms with E-state index in [0.717, 1.165) is 30.1 Å². The van der Waals surface area contributed by atoms with Gasteiger partial charge in [-0.1, -0.05) is 53.9 Å². The lowest BCUT2D eigenvalue weighted by molar-refractivity contribution is -0.146. The van der Waals surface area contributed by atoms with Gasteiger partial charge < -0.3 is 15.5 Å². The van der Waals surface area contributed by atoms with Gasteiger partial charge in [0.1, 0.15) is 5.75 Å². The van der Waals surface area contributed by atoms with Gasteiger partial charge in [0.2, 0.25) is 0 Å². The standard InChI is InChI=1S/C32H53N3O2/c1-7-8-9-26-25-12-10-23-18-21(2)14-16-32(23,5)27(25)15-17-31(26,4)22(3)30(36)20-35(34)29-19-24(37-6)11-13-28(29)33/h11,13,19,21-23,25-27H,7-10,12,14-18,20,33-34H2,1-6H3. The maximum atomic E-state index is 13.8. The number of Topliss-reactive ketones (excluding diaryl/α,β-unsaturated/α-hetero) is 1. The summed E-state index contributed by atoms with van der Waals surface area (Å²) in [6, 6.07) is 5.42. The largest absolute Gasteiger partial charge is 0.497 e. The molecule has 8 unspecified atom stereocenters. The number of unbranched alkanes of at least 4 members (excludes halogenated alkanes) is 1. The van der Waals surface area contributed by atoms with Crippen LogP contribution in [0.3, 0.4) is 0 Å². The third-order valence-corrected chi connectivity index (χ3v) is 11.6. The fourth-order valence-electron chi connectivity index (χ4n) is 8.98. The van der Waals surface area contributed by atoms with Crippen LogP contribution in [0.5, 0.6) is 5.75 Å². The minimum Gasteiger partial charge on any atom is -0.497 e. The Morgan fingerprint density at radius 2 is 1.95 bits per heavy atom. The molecule has 0 amide bonds. The molecule has 5 nitrogen and oxygen atoms in total. The number of fused-ring (bicyclic) bond motifs is 3. The zero-order valence-electron chi connectivity index (χ0n) is 24.4. The van der Waals surface area contributed by atoms with Crippen LogP contribution in [0.25, 0.3) is 0 Å². The van der Waals surface area contributed by atoms with Crippen LogP contribution in [-0.4, -0.2) is 19.4 Å². The van der Waals surface area contributed by atoms with Gasteiger partial charge in [-0.2, -0.15) is 0 Å². The second-order valence-corrected chi connectivity index (χ2v) is 13.5. The number of carbonyl (C=O) groups is 1. The normalized spacial score (nSPS) is 36.2. The van der Waals surface area contributed by atoms with Crippen molar-refractivity contribution in [1.29, 1.82) is 0 Å². The first-order chi connectivity index (χ1) is 17.5. The lowest BCUT2D eigenvalue weighted by Crippen LogP contribution is -2.56. The maximum Gasteiger partial charge on any atom is 0.157 e. The molecule has 208 valence electrons. The van der Waals surface area contributed by atoms with Crippen molar-refractivity contribution in [3.05, 3.63) is 18.2 Å². The van der Waals surface area contributed by atoms with E-state index in [1.54, 1.807) is 13.2 Å². The lowest BCUT2D eigenvalue weighted by Gasteiger charge is -2.62. The van der Waals surface area contributed by atoms with Crippen molar-refractivity contribution in [2.24, 2.45) is 52.2 Å². The minimum absolute atomic E-state index is 0.0132. The topological polar surface area (TPSA) is 81.6 Å². The van der Waals surface area contributed by atoms with Crippen LogP contribution in [0.1, 0.15) is 98.8 Å². The molecule has 0 saturated heterocycles. The first kappa shape index (κ1) is 28.3. The van der Waals surface area contributed by atoms with Gasteiger partial charge in [0.05, 0.1) is 25.0 Å². The average Bonchev–Trinajstić information content (AvgIpc) is 2.88. The molecule has 0 aliphatic heterocycles. The van der Waals surface area contributed by atoms with Crippen LogP contribution in [0.15, 0.2) is 18.2 Å². The Morgan fingerprint density at radius 1 is 1.19 bits per heavy atom. The molecular weight excluding hydrogens is 458 g/mol. The SMILES string of the molecule is CCCCC1C2CCC3CC(C)CCC3(C)C2CCC1(C)C(C)C(=O)CN(N)c1cc(OC)ccc1N. The van der Waals surface area contributed by atoms with Crippen molar-refractivity contribution < 1.29 is 9.53 Å². The van der Waals surface area contributed by atoms with Crippen LogP contribution in [0.2, 0.25) is 0 Å². The molecule has 3 aliphatic carbocycles. The number of hydrogen-bond acceptors (Lipinski definition) is 5. The van der Waals surface area contributed by atoms with Gasteiger partial charge in [-0.25, -0.2) is 5.84 Å². The Bertz CT molecular complexity index is 950. The van der Waals surface area contributed by atoms with E-state index in [9.17, 15) is 4.79 Å². The molecular formula is C32H53N3O2. The summed E-state index contributed by atoms with van der Waals surface area (Å²) < 4.78 is 5.35. The van der Waals surface area contributed by atoms with Gasteiger partial charge in [0.25, 0.3) is 0 Å². The fraction of sp³-hybridized carbons (Fsp3) is 0.781. The molecule has 1 aromatic carbocycles. The second kappa shape index (κ2) is 11.2. The number of ether oxygens (including phenoxy) is 1. The third-order valence-electron chi connectivity index (χ3n) is 11.6. The highest BCUT2D eigenvalue weighted by atomic mass is 16.5. The summed E-state index contributed by atoms with van der Waals surface area (Å²) >= 11 is 0. The molecule has 0 heterocycles. The van der Waals surface area contributed by atoms with Gasteiger partial charge in [-0.15, -0.1) is 0 Å². The molecule has 5 heteroatoms. The Balaban J connectivity index is 1.54. The molecule has 4 N–H and O–H groups in total. The van der Waals surface area contributed by atoms with Crippen LogP contribution in [-0.2, 0) is 4.79 Å². The van der Waals surface area contributed by atoms with E-state index in [0.29, 0.717) is 28.5 Å². The van der Waals surface area contributed by atoms with Crippen molar-refractivity contribution in [2.75, 3.05) is 24.4 Å². The molecule has 0 radical (unpaired) electrons. The highest BCUT2D eigenvalue weighted by Crippen LogP contribution is 2.65. The van der Waals surface area contributed by atoms with Gasteiger partial charge in [0.15, 0.2) is 5.78 Å². The van der Waals surface area contributed by atoms with Crippen molar-refractivity contribution >= 4 is 17.2 Å². The van der Waals surface area contributed by atoms with Gasteiger partial charge >= 0.3 is 0 Å². The van der Waals surface area contributed by atoms with Gasteiger partial charge in [-0.3, -0.25) is 4.79 Å². The number of hydrogen-bond donors (Lipinski definition) is 2. The molecule has 37 heavy (non-hydrogen) atoms. The van der Waals surface area contributed by atoms with Gasteiger partial charge in [0, 0.05) is 12.0 Å². The van der Waals surface area contributed by atoms with E-state index in [1.165, 1.54) is 62.8 Å². The molecule has 3 fully saturated rings. The number of hydrazine groups is 1. The van der Waals surface area contributed by atoms with E-state index in [2.05, 4.69) is 34.6 Å². The Hall–Kier alpha value is -1.75. The molecule has 8 atom stereocenters. The fourth-order valence-corrected chi connectivity index (χ4v) is 8.98. The summed E-state index contributed by atoms with van der Waals surface area (Å²) in [4.78, 5) is 13.8. The van der Waals surface area contributed by atoms with E-state index in [-0.39, 0.29) is 23.7 Å². The summed E-state index contributed by atoms with van der Waals surface area (Å²) in [6.07, 6.45) is 13.1. The quantitative estimate of drug-likeness (QED) is 0.207. The number of methoxy groups -OCH3 is 1. The number of anilines is 2. The predicted octanol–water partition coefficient (Wildman–Crippen LogP) is 7.24. The van der Waals surface area contributed by atoms with Crippen molar-refractivity contribution in [2.45, 2.75) is 98.8 Å². The molecule has 3 aliphatic rings. The van der Waals surface area contributed by atoms with Crippen LogP contribution in [0.4, 0.5) is 11.4 Å². The molecule has 1 aromatic rings. The highest BCUT2D eigenvalue weighted by Gasteiger charge is 2.58. The third kappa shape index (κ3) is 5.27. The first-order valence-corrected chi connectivity index (χ1v) is 15.0. The summed E-state index contributed by atoms with van der Waals surface area (Å²) in [5.41, 5.74) is 7.91. The zero-order chi connectivity index (χ0) is 27.0. The number of rotatable bonds is 9. The number of nitrogen functional groups attached to an aromatic ring is 1. The van der Waals surface area contributed by atoms with Crippen LogP contribution in [0, 0.1) is 46.3 Å². The van der Waals surface area contributed by atoms with E-state index < -0.39 is 0 Å². The molecule has 0 spiro atoms. The summed E-state index contributed by atoms with van der Waals surface area (Å²) in [7, 11) is 1.62. The van der Waals surface area contributed by atoms with Crippen LogP contribution < -0.4 is 21.3 Å². The Kier molecular flexibility index (Phi) is 8.52.